The Morgan fingerprint density at radius 1 is 1.22 bits per heavy atom. The topological polar surface area (TPSA) is 58.9 Å². The highest BCUT2D eigenvalue weighted by molar-refractivity contribution is 5.35. The summed E-state index contributed by atoms with van der Waals surface area (Å²) in [4.78, 5) is 0. The van der Waals surface area contributed by atoms with Gasteiger partial charge < -0.3 is 19.7 Å². The summed E-state index contributed by atoms with van der Waals surface area (Å²) in [6, 6.07) is 0. The van der Waals surface area contributed by atoms with E-state index in [1.54, 1.807) is 6.08 Å². The second-order valence-corrected chi connectivity index (χ2v) is 10.2. The molecule has 1 saturated heterocycles. The number of rotatable bonds is 2. The van der Waals surface area contributed by atoms with Gasteiger partial charge in [0.1, 0.15) is 6.10 Å². The molecule has 1 heterocycles. The van der Waals surface area contributed by atoms with Crippen LogP contribution in [0.15, 0.2) is 23.8 Å². The van der Waals surface area contributed by atoms with E-state index in [2.05, 4.69) is 34.3 Å². The Morgan fingerprint density at radius 3 is 2.63 bits per heavy atom. The number of aliphatic hydroxyl groups is 2. The van der Waals surface area contributed by atoms with Gasteiger partial charge in [-0.05, 0) is 62.5 Å². The van der Waals surface area contributed by atoms with Gasteiger partial charge in [0, 0.05) is 17.4 Å². The second kappa shape index (κ2) is 6.41. The molecular formula is C23H36O4. The number of hydrogen-bond acceptors (Lipinski definition) is 4. The van der Waals surface area contributed by atoms with Crippen molar-refractivity contribution in [2.45, 2.75) is 90.3 Å². The van der Waals surface area contributed by atoms with E-state index in [4.69, 9.17) is 9.47 Å². The Balaban J connectivity index is 1.91. The van der Waals surface area contributed by atoms with Crippen molar-refractivity contribution in [3.63, 3.8) is 0 Å². The van der Waals surface area contributed by atoms with Gasteiger partial charge in [0.05, 0.1) is 11.7 Å². The van der Waals surface area contributed by atoms with Crippen LogP contribution in [-0.2, 0) is 9.47 Å². The molecule has 0 spiro atoms. The first-order valence-corrected chi connectivity index (χ1v) is 10.6. The van der Waals surface area contributed by atoms with Crippen molar-refractivity contribution in [2.75, 3.05) is 6.61 Å². The van der Waals surface area contributed by atoms with E-state index in [1.807, 2.05) is 0 Å². The van der Waals surface area contributed by atoms with E-state index in [1.165, 1.54) is 11.1 Å². The first kappa shape index (κ1) is 19.6. The highest BCUT2D eigenvalue weighted by Crippen LogP contribution is 2.62. The van der Waals surface area contributed by atoms with Crippen molar-refractivity contribution in [3.8, 4) is 0 Å². The zero-order valence-corrected chi connectivity index (χ0v) is 17.3. The molecule has 3 aliphatic carbocycles. The number of hydrogen-bond donors (Lipinski definition) is 2. The molecule has 1 aliphatic heterocycles. The lowest BCUT2D eigenvalue weighted by Gasteiger charge is -2.59. The van der Waals surface area contributed by atoms with Gasteiger partial charge in [0.2, 0.25) is 0 Å². The van der Waals surface area contributed by atoms with Crippen LogP contribution < -0.4 is 0 Å². The molecule has 4 aliphatic rings. The van der Waals surface area contributed by atoms with Gasteiger partial charge in [0.15, 0.2) is 6.29 Å². The fourth-order valence-electron chi connectivity index (χ4n) is 6.88. The minimum atomic E-state index is -0.779. The van der Waals surface area contributed by atoms with Crippen LogP contribution in [0.1, 0.15) is 66.2 Å². The van der Waals surface area contributed by atoms with E-state index in [9.17, 15) is 10.2 Å². The minimum Gasteiger partial charge on any atom is -0.396 e. The van der Waals surface area contributed by atoms with Crippen LogP contribution in [0.4, 0.5) is 0 Å². The number of fused-ring (bicyclic) bond motifs is 6. The van der Waals surface area contributed by atoms with Crippen molar-refractivity contribution in [1.29, 1.82) is 0 Å². The Kier molecular flexibility index (Phi) is 4.66. The number of ether oxygens (including phenoxy) is 2. The molecule has 4 rings (SSSR count). The highest BCUT2D eigenvalue weighted by Gasteiger charge is 2.63. The maximum atomic E-state index is 11.9. The van der Waals surface area contributed by atoms with Crippen LogP contribution in [0.5, 0.6) is 0 Å². The van der Waals surface area contributed by atoms with Crippen molar-refractivity contribution in [2.24, 2.45) is 22.7 Å². The maximum Gasteiger partial charge on any atom is 0.177 e. The largest absolute Gasteiger partial charge is 0.396 e. The molecule has 7 atom stereocenters. The van der Waals surface area contributed by atoms with Gasteiger partial charge in [-0.25, -0.2) is 0 Å². The van der Waals surface area contributed by atoms with Crippen LogP contribution in [0.3, 0.4) is 0 Å². The lowest BCUT2D eigenvalue weighted by Crippen LogP contribution is -2.61. The molecule has 4 nitrogen and oxygen atoms in total. The predicted octanol–water partition coefficient (Wildman–Crippen LogP) is 3.97. The summed E-state index contributed by atoms with van der Waals surface area (Å²) in [7, 11) is 0. The molecule has 0 amide bonds. The Labute approximate surface area is 163 Å². The number of allylic oxidation sites excluding steroid dienone is 1. The minimum absolute atomic E-state index is 0.0632. The zero-order chi connectivity index (χ0) is 19.6. The van der Waals surface area contributed by atoms with Crippen LogP contribution in [0.2, 0.25) is 0 Å². The summed E-state index contributed by atoms with van der Waals surface area (Å²) in [6.07, 6.45) is 6.68. The average molecular weight is 377 g/mol. The first-order chi connectivity index (χ1) is 12.7. The lowest BCUT2D eigenvalue weighted by atomic mass is 9.48. The molecule has 0 radical (unpaired) electrons. The van der Waals surface area contributed by atoms with E-state index in [-0.39, 0.29) is 41.5 Å². The molecule has 0 aromatic heterocycles. The summed E-state index contributed by atoms with van der Waals surface area (Å²) in [6.45, 7) is 12.9. The molecule has 3 fully saturated rings. The van der Waals surface area contributed by atoms with Crippen LogP contribution >= 0.6 is 0 Å². The molecule has 2 unspecified atom stereocenters. The predicted molar refractivity (Wildman–Crippen MR) is 105 cm³/mol. The Morgan fingerprint density at radius 2 is 1.96 bits per heavy atom. The third-order valence-corrected chi connectivity index (χ3v) is 8.67. The SMILES string of the molecule is C=C[C@@H]1O[C@@H]2C3=C(C)CC[C@@](O)(CC4C(CO)CCC[C@@]4(C)[C@@H]2O1)C3(C)C. The van der Waals surface area contributed by atoms with E-state index in [0.29, 0.717) is 0 Å². The second-order valence-electron chi connectivity index (χ2n) is 10.2. The molecule has 152 valence electrons. The van der Waals surface area contributed by atoms with E-state index >= 15 is 0 Å². The summed E-state index contributed by atoms with van der Waals surface area (Å²) in [5.74, 6) is 0.435. The normalized spacial score (nSPS) is 49.0. The third kappa shape index (κ3) is 2.63. The van der Waals surface area contributed by atoms with Gasteiger partial charge in [-0.1, -0.05) is 39.3 Å². The fraction of sp³-hybridized carbons (Fsp3) is 0.826. The fourth-order valence-corrected chi connectivity index (χ4v) is 6.88. The number of aliphatic hydroxyl groups excluding tert-OH is 1. The Hall–Kier alpha value is -0.680. The van der Waals surface area contributed by atoms with Crippen molar-refractivity contribution in [3.05, 3.63) is 23.8 Å². The van der Waals surface area contributed by atoms with Gasteiger partial charge in [-0.3, -0.25) is 0 Å². The van der Waals surface area contributed by atoms with Crippen LogP contribution in [0, 0.1) is 22.7 Å². The molecule has 0 aromatic carbocycles. The van der Waals surface area contributed by atoms with Gasteiger partial charge in [-0.2, -0.15) is 0 Å². The van der Waals surface area contributed by atoms with E-state index in [0.717, 1.165) is 38.5 Å². The van der Waals surface area contributed by atoms with E-state index < -0.39 is 11.9 Å². The molecule has 2 N–H and O–H groups in total. The quantitative estimate of drug-likeness (QED) is 0.716. The summed E-state index contributed by atoms with van der Waals surface area (Å²) < 4.78 is 12.8. The molecule has 27 heavy (non-hydrogen) atoms. The lowest BCUT2D eigenvalue weighted by molar-refractivity contribution is -0.158. The standard InChI is InChI=1S/C23H36O4/c1-6-17-26-19-18-14(2)9-11-23(25,21(18,3)4)12-16-15(13-24)8-7-10-22(16,5)20(19)27-17/h6,15-17,19-20,24-25H,1,7-13H2,2-5H3/t15?,16?,17-,19-,20-,22-,23-/m1/s1. The molecule has 4 heteroatoms. The van der Waals surface area contributed by atoms with Gasteiger partial charge in [-0.15, -0.1) is 0 Å². The van der Waals surface area contributed by atoms with Gasteiger partial charge >= 0.3 is 0 Å². The molecular weight excluding hydrogens is 340 g/mol. The molecule has 2 bridgehead atoms. The van der Waals surface area contributed by atoms with Crippen molar-refractivity contribution < 1.29 is 19.7 Å². The smallest absolute Gasteiger partial charge is 0.177 e. The Bertz CT molecular complexity index is 653. The highest BCUT2D eigenvalue weighted by atomic mass is 16.7. The van der Waals surface area contributed by atoms with Gasteiger partial charge in [0.25, 0.3) is 0 Å². The van der Waals surface area contributed by atoms with Crippen LogP contribution in [-0.4, -0.2) is 40.9 Å². The summed E-state index contributed by atoms with van der Waals surface area (Å²) >= 11 is 0. The molecule has 0 aromatic rings. The van der Waals surface area contributed by atoms with Crippen molar-refractivity contribution in [1.82, 2.24) is 0 Å². The maximum absolute atomic E-state index is 11.9. The summed E-state index contributed by atoms with van der Waals surface area (Å²) in [5, 5.41) is 22.1. The molecule has 2 saturated carbocycles. The average Bonchev–Trinajstić information content (AvgIpc) is 3.04. The monoisotopic (exact) mass is 376 g/mol. The third-order valence-electron chi connectivity index (χ3n) is 8.67. The summed E-state index contributed by atoms with van der Waals surface area (Å²) in [5.41, 5.74) is 1.29. The van der Waals surface area contributed by atoms with Crippen LogP contribution in [0.25, 0.3) is 0 Å². The first-order valence-electron chi connectivity index (χ1n) is 10.6. The van der Waals surface area contributed by atoms with Crippen molar-refractivity contribution >= 4 is 0 Å². The zero-order valence-electron chi connectivity index (χ0n) is 17.3.